The Morgan fingerprint density at radius 2 is 1.67 bits per heavy atom. The number of pyridine rings is 1. The number of rotatable bonds is 14. The van der Waals surface area contributed by atoms with E-state index in [1.54, 1.807) is 66.9 Å². The molecule has 5 atom stereocenters. The number of nitrogens with zero attached hydrogens (tertiary/aromatic N) is 2. The number of alkyl carbamates (subject to hydrolysis) is 1. The van der Waals surface area contributed by atoms with Crippen LogP contribution < -0.4 is 24.8 Å². The zero-order valence-electron chi connectivity index (χ0n) is 37.2. The summed E-state index contributed by atoms with van der Waals surface area (Å²) in [4.78, 5) is 63.1. The van der Waals surface area contributed by atoms with Gasteiger partial charge in [-0.2, -0.15) is 0 Å². The SMILES string of the molecule is C=CC1CC1(NC(=O)C1CC(Oc2cc(-c3ccccc3)nc3cc(OC)ccc23)CN1C(=O)C(NC(=O)OC(C)(C)C)C(C)(C)C)C(=O)NS(=O)(=O)C1(Cc2ccc(F)cc2)CC1. The number of ether oxygens (including phenoxy) is 3. The number of likely N-dealkylation sites (tertiary alicyclic amines) is 1. The van der Waals surface area contributed by atoms with Gasteiger partial charge in [-0.25, -0.2) is 22.6 Å². The Kier molecular flexibility index (Phi) is 12.3. The maximum Gasteiger partial charge on any atom is 0.408 e. The van der Waals surface area contributed by atoms with E-state index < -0.39 is 85.1 Å². The number of hydrogen-bond donors (Lipinski definition) is 3. The molecule has 64 heavy (non-hydrogen) atoms. The van der Waals surface area contributed by atoms with Crippen molar-refractivity contribution in [2.24, 2.45) is 11.3 Å². The summed E-state index contributed by atoms with van der Waals surface area (Å²) in [7, 11) is -2.72. The van der Waals surface area contributed by atoms with E-state index in [-0.39, 0.29) is 38.6 Å². The molecule has 1 aliphatic heterocycles. The molecule has 1 saturated heterocycles. The molecule has 1 aromatic heterocycles. The highest BCUT2D eigenvalue weighted by Gasteiger charge is 2.63. The van der Waals surface area contributed by atoms with Gasteiger partial charge >= 0.3 is 6.09 Å². The normalized spacial score (nSPS) is 21.9. The average molecular weight is 898 g/mol. The lowest BCUT2D eigenvalue weighted by Crippen LogP contribution is -2.60. The summed E-state index contributed by atoms with van der Waals surface area (Å²) >= 11 is 0. The Bertz CT molecular complexity index is 2570. The van der Waals surface area contributed by atoms with Gasteiger partial charge in [0.15, 0.2) is 0 Å². The van der Waals surface area contributed by atoms with Crippen molar-refractivity contribution >= 4 is 44.7 Å². The third-order valence-corrected chi connectivity index (χ3v) is 14.2. The molecule has 3 aromatic carbocycles. The van der Waals surface area contributed by atoms with Crippen molar-refractivity contribution in [2.45, 2.75) is 108 Å². The van der Waals surface area contributed by atoms with Crippen LogP contribution in [0.2, 0.25) is 0 Å². The number of carbonyl (C=O) groups is 4. The highest BCUT2D eigenvalue weighted by atomic mass is 32.2. The molecule has 0 spiro atoms. The molecule has 0 radical (unpaired) electrons. The van der Waals surface area contributed by atoms with Crippen LogP contribution in [0.4, 0.5) is 9.18 Å². The molecule has 4 aromatic rings. The minimum absolute atomic E-state index is 0.0307. The van der Waals surface area contributed by atoms with Crippen LogP contribution in [-0.4, -0.2) is 89.8 Å². The van der Waals surface area contributed by atoms with Gasteiger partial charge < -0.3 is 29.7 Å². The number of nitrogens with one attached hydrogen (secondary N) is 3. The van der Waals surface area contributed by atoms with Gasteiger partial charge in [0.25, 0.3) is 5.91 Å². The second-order valence-electron chi connectivity index (χ2n) is 19.1. The molecule has 340 valence electrons. The number of methoxy groups -OCH3 is 1. The summed E-state index contributed by atoms with van der Waals surface area (Å²) in [6.07, 6.45) is 0.562. The lowest BCUT2D eigenvalue weighted by molar-refractivity contribution is -0.143. The maximum absolute atomic E-state index is 14.8. The van der Waals surface area contributed by atoms with Crippen LogP contribution in [0.1, 0.15) is 72.8 Å². The van der Waals surface area contributed by atoms with Gasteiger partial charge in [0.2, 0.25) is 21.8 Å². The van der Waals surface area contributed by atoms with Crippen LogP contribution in [0.25, 0.3) is 22.2 Å². The summed E-state index contributed by atoms with van der Waals surface area (Å²) in [5.41, 5.74) is -0.793. The molecule has 3 N–H and O–H groups in total. The standard InChI is InChI=1S/C48H56FN5O9S/c1-9-31-27-48(31,43(57)53-64(59,60)47(21-22-47)26-29-15-17-32(49)18-16-29)52-41(55)38-24-34(28-54(38)42(56)40(45(2,3)4)51-44(58)63-46(5,6)7)62-39-25-36(30-13-11-10-12-14-30)50-37-23-33(61-8)19-20-35(37)39/h9-20,23,25,31,34,38,40H,1,21-22,24,26-28H2,2-8H3,(H,51,58)(H,52,55)(H,53,57). The molecule has 3 aliphatic rings. The van der Waals surface area contributed by atoms with Crippen molar-refractivity contribution in [1.29, 1.82) is 0 Å². The predicted octanol–water partition coefficient (Wildman–Crippen LogP) is 6.62. The highest BCUT2D eigenvalue weighted by Crippen LogP contribution is 2.49. The summed E-state index contributed by atoms with van der Waals surface area (Å²) in [6, 6.07) is 19.8. The Balaban J connectivity index is 1.19. The Hall–Kier alpha value is -6.03. The van der Waals surface area contributed by atoms with Crippen molar-refractivity contribution in [1.82, 2.24) is 25.2 Å². The number of amides is 4. The first-order chi connectivity index (χ1) is 30.1. The molecule has 2 aliphatic carbocycles. The van der Waals surface area contributed by atoms with Crippen molar-refractivity contribution < 1.29 is 46.2 Å². The lowest BCUT2D eigenvalue weighted by atomic mass is 9.85. The second-order valence-corrected chi connectivity index (χ2v) is 21.2. The van der Waals surface area contributed by atoms with Gasteiger partial charge in [0, 0.05) is 35.4 Å². The van der Waals surface area contributed by atoms with E-state index in [1.165, 1.54) is 35.2 Å². The summed E-state index contributed by atoms with van der Waals surface area (Å²) < 4.78 is 60.1. The minimum Gasteiger partial charge on any atom is -0.497 e. The molecule has 4 amide bonds. The van der Waals surface area contributed by atoms with Crippen molar-refractivity contribution in [3.63, 3.8) is 0 Å². The molecular weight excluding hydrogens is 842 g/mol. The third kappa shape index (κ3) is 9.71. The number of halogens is 1. The maximum atomic E-state index is 14.8. The quantitative estimate of drug-likeness (QED) is 0.116. The van der Waals surface area contributed by atoms with Gasteiger partial charge in [-0.05, 0) is 81.7 Å². The summed E-state index contributed by atoms with van der Waals surface area (Å²) in [5, 5.41) is 6.22. The zero-order valence-corrected chi connectivity index (χ0v) is 38.0. The Labute approximate surface area is 373 Å². The van der Waals surface area contributed by atoms with Crippen LogP contribution in [0.5, 0.6) is 11.5 Å². The third-order valence-electron chi connectivity index (χ3n) is 12.1. The lowest BCUT2D eigenvalue weighted by Gasteiger charge is -2.36. The van der Waals surface area contributed by atoms with Crippen molar-refractivity contribution in [3.8, 4) is 22.8 Å². The molecule has 16 heteroatoms. The van der Waals surface area contributed by atoms with E-state index in [4.69, 9.17) is 19.2 Å². The monoisotopic (exact) mass is 897 g/mol. The molecule has 5 unspecified atom stereocenters. The van der Waals surface area contributed by atoms with E-state index in [0.717, 1.165) is 5.56 Å². The van der Waals surface area contributed by atoms with E-state index in [0.29, 0.717) is 33.7 Å². The highest BCUT2D eigenvalue weighted by molar-refractivity contribution is 7.91. The first-order valence-corrected chi connectivity index (χ1v) is 22.8. The number of aromatic nitrogens is 1. The van der Waals surface area contributed by atoms with E-state index in [1.807, 2.05) is 36.4 Å². The Morgan fingerprint density at radius 1 is 0.984 bits per heavy atom. The van der Waals surface area contributed by atoms with E-state index in [2.05, 4.69) is 21.9 Å². The summed E-state index contributed by atoms with van der Waals surface area (Å²) in [6.45, 7) is 14.2. The first kappa shape index (κ1) is 46.0. The number of carbonyl (C=O) groups excluding carboxylic acids is 4. The smallest absolute Gasteiger partial charge is 0.408 e. The first-order valence-electron chi connectivity index (χ1n) is 21.3. The number of fused-ring (bicyclic) bond motifs is 1. The fraction of sp³-hybridized carbons (Fsp3) is 0.438. The number of benzene rings is 3. The van der Waals surface area contributed by atoms with Gasteiger partial charge in [-0.15, -0.1) is 6.58 Å². The van der Waals surface area contributed by atoms with E-state index in [9.17, 15) is 32.0 Å². The van der Waals surface area contributed by atoms with Crippen LogP contribution in [0.3, 0.4) is 0 Å². The largest absolute Gasteiger partial charge is 0.497 e. The molecule has 7 rings (SSSR count). The molecule has 2 saturated carbocycles. The average Bonchev–Trinajstić information content (AvgIpc) is 4.14. The number of hydrogen-bond acceptors (Lipinski definition) is 10. The summed E-state index contributed by atoms with van der Waals surface area (Å²) in [5.74, 6) is -2.29. The second kappa shape index (κ2) is 17.2. The van der Waals surface area contributed by atoms with E-state index >= 15 is 0 Å². The van der Waals surface area contributed by atoms with Gasteiger partial charge in [0.05, 0.1) is 29.6 Å². The topological polar surface area (TPSA) is 182 Å². The van der Waals surface area contributed by atoms with Crippen LogP contribution in [0.15, 0.2) is 91.5 Å². The Morgan fingerprint density at radius 3 is 2.27 bits per heavy atom. The fourth-order valence-corrected chi connectivity index (χ4v) is 9.90. The molecule has 3 fully saturated rings. The molecule has 2 heterocycles. The van der Waals surface area contributed by atoms with Crippen LogP contribution in [0, 0.1) is 17.2 Å². The van der Waals surface area contributed by atoms with Gasteiger partial charge in [-0.1, -0.05) is 69.3 Å². The molecule has 14 nitrogen and oxygen atoms in total. The van der Waals surface area contributed by atoms with Crippen LogP contribution in [-0.2, 0) is 35.6 Å². The van der Waals surface area contributed by atoms with Crippen LogP contribution >= 0.6 is 0 Å². The fourth-order valence-electron chi connectivity index (χ4n) is 8.26. The molecule has 0 bridgehead atoms. The van der Waals surface area contributed by atoms with Crippen molar-refractivity contribution in [3.05, 3.63) is 103 Å². The van der Waals surface area contributed by atoms with Gasteiger partial charge in [-0.3, -0.25) is 19.1 Å². The van der Waals surface area contributed by atoms with Crippen molar-refractivity contribution in [2.75, 3.05) is 13.7 Å². The van der Waals surface area contributed by atoms with Gasteiger partial charge in [0.1, 0.15) is 46.6 Å². The minimum atomic E-state index is -4.28. The molecular formula is C48H56FN5O9S. The predicted molar refractivity (Wildman–Crippen MR) is 239 cm³/mol. The zero-order chi connectivity index (χ0) is 46.4. The number of sulfonamides is 1.